The first kappa shape index (κ1) is 16.8. The van der Waals surface area contributed by atoms with Gasteiger partial charge in [-0.15, -0.1) is 47.0 Å². The summed E-state index contributed by atoms with van der Waals surface area (Å²) < 4.78 is 5.96. The number of rotatable bonds is 5. The Morgan fingerprint density at radius 2 is 2.17 bits per heavy atom. The number of thiocarbonyl (C=S) groups is 1. The third-order valence-corrected chi connectivity index (χ3v) is 7.70. The maximum atomic E-state index is 11.1. The van der Waals surface area contributed by atoms with Gasteiger partial charge in [0, 0.05) is 33.2 Å². The summed E-state index contributed by atoms with van der Waals surface area (Å²) in [5.41, 5.74) is 0.438. The van der Waals surface area contributed by atoms with E-state index in [9.17, 15) is 4.79 Å². The molecule has 18 heavy (non-hydrogen) atoms. The quantitative estimate of drug-likeness (QED) is 0.326. The number of esters is 1. The van der Waals surface area contributed by atoms with E-state index in [2.05, 4.69) is 6.58 Å². The molecule has 0 radical (unpaired) electrons. The lowest BCUT2D eigenvalue weighted by Gasteiger charge is -2.20. The van der Waals surface area contributed by atoms with Crippen LogP contribution < -0.4 is 0 Å². The SMILES string of the molecule is C=C(C)C(=O)OCCSC(=S)SC1CSCSC1. The van der Waals surface area contributed by atoms with Crippen LogP contribution in [-0.2, 0) is 9.53 Å². The van der Waals surface area contributed by atoms with Gasteiger partial charge in [-0.25, -0.2) is 4.79 Å². The van der Waals surface area contributed by atoms with Crippen molar-refractivity contribution in [1.29, 1.82) is 0 Å². The Hall–Kier alpha value is 0.700. The van der Waals surface area contributed by atoms with Crippen LogP contribution in [0.4, 0.5) is 0 Å². The van der Waals surface area contributed by atoms with Crippen molar-refractivity contribution in [2.24, 2.45) is 0 Å². The van der Waals surface area contributed by atoms with E-state index >= 15 is 0 Å². The topological polar surface area (TPSA) is 26.3 Å². The van der Waals surface area contributed by atoms with Gasteiger partial charge < -0.3 is 4.74 Å². The van der Waals surface area contributed by atoms with Crippen molar-refractivity contribution in [3.63, 3.8) is 0 Å². The van der Waals surface area contributed by atoms with Crippen molar-refractivity contribution in [3.8, 4) is 0 Å². The average Bonchev–Trinajstić information content (AvgIpc) is 2.35. The minimum atomic E-state index is -0.325. The van der Waals surface area contributed by atoms with E-state index in [4.69, 9.17) is 17.0 Å². The fourth-order valence-electron chi connectivity index (χ4n) is 1.09. The fourth-order valence-corrected chi connectivity index (χ4v) is 6.55. The van der Waals surface area contributed by atoms with Gasteiger partial charge in [0.2, 0.25) is 0 Å². The van der Waals surface area contributed by atoms with Crippen LogP contribution in [0.5, 0.6) is 0 Å². The van der Waals surface area contributed by atoms with Gasteiger partial charge in [-0.1, -0.05) is 18.8 Å². The van der Waals surface area contributed by atoms with E-state index in [0.29, 0.717) is 17.4 Å². The largest absolute Gasteiger partial charge is 0.461 e. The third-order valence-electron chi connectivity index (χ3n) is 1.92. The first-order chi connectivity index (χ1) is 8.59. The number of thioether (sulfide) groups is 4. The van der Waals surface area contributed by atoms with Crippen LogP contribution in [0.3, 0.4) is 0 Å². The summed E-state index contributed by atoms with van der Waals surface area (Å²) in [6, 6.07) is 0. The molecule has 1 fully saturated rings. The molecular formula is C11H16O2S5. The molecular weight excluding hydrogens is 324 g/mol. The number of hydrogen-bond acceptors (Lipinski definition) is 7. The second-order valence-corrected chi connectivity index (χ2v) is 9.64. The third kappa shape index (κ3) is 7.33. The molecule has 0 aromatic rings. The van der Waals surface area contributed by atoms with Crippen molar-refractivity contribution in [3.05, 3.63) is 12.2 Å². The minimum Gasteiger partial charge on any atom is -0.461 e. The van der Waals surface area contributed by atoms with Crippen LogP contribution in [0, 0.1) is 0 Å². The maximum absolute atomic E-state index is 11.1. The van der Waals surface area contributed by atoms with Crippen LogP contribution in [0.1, 0.15) is 6.92 Å². The number of carbonyl (C=O) groups excluding carboxylic acids is 1. The van der Waals surface area contributed by atoms with Gasteiger partial charge in [0.15, 0.2) is 0 Å². The van der Waals surface area contributed by atoms with E-state index in [1.807, 2.05) is 23.5 Å². The molecule has 1 aliphatic rings. The van der Waals surface area contributed by atoms with Crippen LogP contribution in [0.25, 0.3) is 0 Å². The molecule has 1 saturated heterocycles. The molecule has 0 unspecified atom stereocenters. The molecule has 0 atom stereocenters. The molecule has 0 amide bonds. The maximum Gasteiger partial charge on any atom is 0.333 e. The molecule has 1 aliphatic heterocycles. The predicted octanol–water partition coefficient (Wildman–Crippen LogP) is 3.66. The zero-order valence-corrected chi connectivity index (χ0v) is 14.3. The second kappa shape index (κ2) is 9.58. The Bertz CT molecular complexity index is 313. The molecule has 102 valence electrons. The Kier molecular flexibility index (Phi) is 8.92. The lowest BCUT2D eigenvalue weighted by molar-refractivity contribution is -0.138. The van der Waals surface area contributed by atoms with Gasteiger partial charge >= 0.3 is 5.97 Å². The zero-order chi connectivity index (χ0) is 13.4. The molecule has 2 nitrogen and oxygen atoms in total. The van der Waals surface area contributed by atoms with Gasteiger partial charge in [-0.2, -0.15) is 0 Å². The normalized spacial score (nSPS) is 16.3. The number of carbonyl (C=O) groups is 1. The van der Waals surface area contributed by atoms with Gasteiger partial charge in [0.05, 0.1) is 0 Å². The van der Waals surface area contributed by atoms with E-state index in [0.717, 1.165) is 9.28 Å². The minimum absolute atomic E-state index is 0.325. The lowest BCUT2D eigenvalue weighted by Crippen LogP contribution is -2.16. The highest BCUT2D eigenvalue weighted by atomic mass is 32.2. The van der Waals surface area contributed by atoms with Gasteiger partial charge in [0.25, 0.3) is 0 Å². The van der Waals surface area contributed by atoms with Crippen molar-refractivity contribution in [2.75, 3.05) is 29.0 Å². The molecule has 0 bridgehead atoms. The van der Waals surface area contributed by atoms with Crippen molar-refractivity contribution >= 4 is 68.8 Å². The lowest BCUT2D eigenvalue weighted by atomic mass is 10.4. The van der Waals surface area contributed by atoms with E-state index < -0.39 is 0 Å². The Labute approximate surface area is 131 Å². The van der Waals surface area contributed by atoms with E-state index in [1.165, 1.54) is 16.6 Å². The van der Waals surface area contributed by atoms with Crippen LogP contribution in [0.2, 0.25) is 0 Å². The molecule has 1 rings (SSSR count). The molecule has 7 heteroatoms. The predicted molar refractivity (Wildman–Crippen MR) is 92.0 cm³/mol. The monoisotopic (exact) mass is 340 g/mol. The van der Waals surface area contributed by atoms with Crippen molar-refractivity contribution in [1.82, 2.24) is 0 Å². The summed E-state index contributed by atoms with van der Waals surface area (Å²) >= 11 is 12.6. The van der Waals surface area contributed by atoms with Crippen molar-refractivity contribution < 1.29 is 9.53 Å². The summed E-state index contributed by atoms with van der Waals surface area (Å²) in [6.07, 6.45) is 0. The first-order valence-corrected chi connectivity index (χ1v) is 9.99. The summed E-state index contributed by atoms with van der Waals surface area (Å²) in [5, 5.41) is 1.83. The Balaban J connectivity index is 2.06. The standard InChI is InChI=1S/C11H16O2S5/c1-8(2)10(12)13-3-4-17-11(14)18-9-5-15-7-16-6-9/h9H,1,3-7H2,2H3. The van der Waals surface area contributed by atoms with E-state index in [1.54, 1.807) is 30.4 Å². The van der Waals surface area contributed by atoms with Gasteiger partial charge in [-0.05, 0) is 6.92 Å². The van der Waals surface area contributed by atoms with Crippen LogP contribution >= 0.6 is 59.3 Å². The molecule has 0 aromatic heterocycles. The molecule has 0 N–H and O–H groups in total. The summed E-state index contributed by atoms with van der Waals surface area (Å²) in [5.74, 6) is 2.76. The summed E-state index contributed by atoms with van der Waals surface area (Å²) in [6.45, 7) is 5.57. The van der Waals surface area contributed by atoms with Crippen LogP contribution in [-0.4, -0.2) is 43.7 Å². The first-order valence-electron chi connectivity index (χ1n) is 5.41. The Morgan fingerprint density at radius 1 is 1.50 bits per heavy atom. The molecule has 0 aromatic carbocycles. The Morgan fingerprint density at radius 3 is 2.78 bits per heavy atom. The number of ether oxygens (including phenoxy) is 1. The second-order valence-electron chi connectivity index (χ2n) is 3.61. The average molecular weight is 341 g/mol. The van der Waals surface area contributed by atoms with Gasteiger partial charge in [-0.3, -0.25) is 0 Å². The molecule has 1 heterocycles. The summed E-state index contributed by atoms with van der Waals surface area (Å²) in [4.78, 5) is 11.1. The van der Waals surface area contributed by atoms with Crippen LogP contribution in [0.15, 0.2) is 12.2 Å². The highest BCUT2D eigenvalue weighted by Crippen LogP contribution is 2.32. The highest BCUT2D eigenvalue weighted by Gasteiger charge is 2.16. The smallest absolute Gasteiger partial charge is 0.333 e. The molecule has 0 saturated carbocycles. The molecule has 0 aliphatic carbocycles. The fraction of sp³-hybridized carbons (Fsp3) is 0.636. The summed E-state index contributed by atoms with van der Waals surface area (Å²) in [7, 11) is 0. The zero-order valence-electron chi connectivity index (χ0n) is 10.2. The highest BCUT2D eigenvalue weighted by molar-refractivity contribution is 8.47. The van der Waals surface area contributed by atoms with Gasteiger partial charge in [0.1, 0.15) is 10.1 Å². The number of hydrogen-bond donors (Lipinski definition) is 0. The van der Waals surface area contributed by atoms with E-state index in [-0.39, 0.29) is 5.97 Å². The van der Waals surface area contributed by atoms with Crippen molar-refractivity contribution in [2.45, 2.75) is 12.2 Å². The molecule has 0 spiro atoms.